The zero-order chi connectivity index (χ0) is 13.2. The molecule has 0 fully saturated rings. The lowest BCUT2D eigenvalue weighted by Crippen LogP contribution is -2.66. The fourth-order valence-corrected chi connectivity index (χ4v) is 4.62. The lowest BCUT2D eigenvalue weighted by molar-refractivity contribution is 0.503. The van der Waals surface area contributed by atoms with Crippen LogP contribution in [0.2, 0.25) is 6.55 Å². The monoisotopic (exact) mass is 248 g/mol. The highest BCUT2D eigenvalue weighted by Gasteiger charge is 2.35. The summed E-state index contributed by atoms with van der Waals surface area (Å²) in [4.78, 5) is 0. The molecule has 0 aromatic heterocycles. The molecule has 0 spiro atoms. The normalized spacial score (nSPS) is 12.2. The lowest BCUT2D eigenvalue weighted by Gasteiger charge is -2.40. The van der Waals surface area contributed by atoms with Crippen LogP contribution in [0.1, 0.15) is 12.5 Å². The Morgan fingerprint density at radius 3 is 1.71 bits per heavy atom. The van der Waals surface area contributed by atoms with Crippen LogP contribution >= 0.6 is 0 Å². The molecule has 1 aromatic rings. The maximum Gasteiger partial charge on any atom is 0.235 e. The van der Waals surface area contributed by atoms with Gasteiger partial charge >= 0.3 is 0 Å². The van der Waals surface area contributed by atoms with Crippen molar-refractivity contribution < 1.29 is 0 Å². The Balaban J connectivity index is 3.17. The smallest absolute Gasteiger partial charge is 0.235 e. The van der Waals surface area contributed by atoms with Crippen molar-refractivity contribution in [1.82, 2.24) is 9.13 Å². The number of hydrogen-bond donors (Lipinski definition) is 0. The van der Waals surface area contributed by atoms with E-state index in [4.69, 9.17) is 0 Å². The molecule has 0 bridgehead atoms. The average molecular weight is 248 g/mol. The summed E-state index contributed by atoms with van der Waals surface area (Å²) in [6.07, 6.45) is 0. The van der Waals surface area contributed by atoms with Crippen LogP contribution in [0.15, 0.2) is 30.8 Å². The van der Waals surface area contributed by atoms with Crippen LogP contribution in [0.25, 0.3) is 5.57 Å². The third-order valence-corrected chi connectivity index (χ3v) is 8.58. The van der Waals surface area contributed by atoms with Crippen molar-refractivity contribution in [3.8, 4) is 0 Å². The van der Waals surface area contributed by atoms with Crippen molar-refractivity contribution >= 4 is 19.2 Å². The molecule has 94 valence electrons. The van der Waals surface area contributed by atoms with E-state index in [1.54, 1.807) is 0 Å². The summed E-state index contributed by atoms with van der Waals surface area (Å²) in [5.41, 5.74) is 2.34. The molecule has 0 aliphatic heterocycles. The van der Waals surface area contributed by atoms with E-state index < -0.39 is 8.40 Å². The third kappa shape index (κ3) is 2.68. The predicted octanol–water partition coefficient (Wildman–Crippen LogP) is 2.12. The minimum atomic E-state index is -1.70. The van der Waals surface area contributed by atoms with Crippen LogP contribution in [-0.4, -0.2) is 45.7 Å². The molecule has 0 aliphatic carbocycles. The Labute approximate surface area is 107 Å². The predicted molar refractivity (Wildman–Crippen MR) is 79.8 cm³/mol. The van der Waals surface area contributed by atoms with Crippen LogP contribution < -0.4 is 5.19 Å². The molecule has 17 heavy (non-hydrogen) atoms. The second-order valence-corrected chi connectivity index (χ2v) is 9.58. The lowest BCUT2D eigenvalue weighted by atomic mass is 10.1. The van der Waals surface area contributed by atoms with Crippen molar-refractivity contribution in [2.45, 2.75) is 13.5 Å². The molecule has 0 saturated carbocycles. The van der Waals surface area contributed by atoms with E-state index in [2.05, 4.69) is 74.7 Å². The fraction of sp³-hybridized carbons (Fsp3) is 0.429. The molecule has 3 heteroatoms. The second-order valence-electron chi connectivity index (χ2n) is 5.17. The molecular formula is C14H24N2Si. The van der Waals surface area contributed by atoms with Crippen LogP contribution in [0, 0.1) is 0 Å². The Morgan fingerprint density at radius 2 is 1.41 bits per heavy atom. The zero-order valence-corrected chi connectivity index (χ0v) is 12.9. The number of benzene rings is 1. The molecule has 0 saturated heterocycles. The molecule has 0 aliphatic rings. The Kier molecular flexibility index (Phi) is 4.30. The van der Waals surface area contributed by atoms with Gasteiger partial charge in [0.15, 0.2) is 0 Å². The van der Waals surface area contributed by atoms with Gasteiger partial charge in [-0.05, 0) is 52.4 Å². The van der Waals surface area contributed by atoms with Gasteiger partial charge in [0, 0.05) is 0 Å². The Morgan fingerprint density at radius 1 is 1.00 bits per heavy atom. The summed E-state index contributed by atoms with van der Waals surface area (Å²) >= 11 is 0. The second kappa shape index (κ2) is 5.17. The summed E-state index contributed by atoms with van der Waals surface area (Å²) in [6, 6.07) is 8.85. The standard InChI is InChI=1S/C14H24N2Si/c1-12(2)13-8-10-14(11-9-13)17(7,15(3)4)16(5)6/h8-11H,1H2,2-7H3. The van der Waals surface area contributed by atoms with Gasteiger partial charge in [-0.3, -0.25) is 0 Å². The number of allylic oxidation sites excluding steroid dienone is 1. The number of rotatable bonds is 4. The summed E-state index contributed by atoms with van der Waals surface area (Å²) in [5.74, 6) is 0. The minimum absolute atomic E-state index is 1.12. The molecule has 0 heterocycles. The molecule has 1 aromatic carbocycles. The van der Waals surface area contributed by atoms with E-state index in [0.717, 1.165) is 5.57 Å². The van der Waals surface area contributed by atoms with Crippen molar-refractivity contribution in [3.63, 3.8) is 0 Å². The topological polar surface area (TPSA) is 6.48 Å². The highest BCUT2D eigenvalue weighted by molar-refractivity contribution is 6.85. The molecule has 0 atom stereocenters. The number of hydrogen-bond acceptors (Lipinski definition) is 2. The van der Waals surface area contributed by atoms with Crippen LogP contribution in [0.3, 0.4) is 0 Å². The first-order chi connectivity index (χ1) is 7.80. The van der Waals surface area contributed by atoms with Crippen LogP contribution in [0.5, 0.6) is 0 Å². The average Bonchev–Trinajstić information content (AvgIpc) is 2.27. The SMILES string of the molecule is C=C(C)c1ccc([Si](C)(N(C)C)N(C)C)cc1. The molecule has 0 radical (unpaired) electrons. The Hall–Kier alpha value is -0.903. The van der Waals surface area contributed by atoms with Crippen molar-refractivity contribution in [3.05, 3.63) is 36.4 Å². The van der Waals surface area contributed by atoms with E-state index in [9.17, 15) is 0 Å². The van der Waals surface area contributed by atoms with Crippen molar-refractivity contribution in [2.75, 3.05) is 28.2 Å². The highest BCUT2D eigenvalue weighted by atomic mass is 28.3. The third-order valence-electron chi connectivity index (χ3n) is 3.67. The van der Waals surface area contributed by atoms with E-state index in [1.165, 1.54) is 10.8 Å². The molecule has 1 rings (SSSR count). The zero-order valence-electron chi connectivity index (χ0n) is 11.9. The summed E-state index contributed by atoms with van der Waals surface area (Å²) < 4.78 is 4.73. The molecule has 0 N–H and O–H groups in total. The van der Waals surface area contributed by atoms with E-state index in [1.807, 2.05) is 6.92 Å². The van der Waals surface area contributed by atoms with Gasteiger partial charge in [-0.15, -0.1) is 0 Å². The fourth-order valence-electron chi connectivity index (χ4n) is 1.99. The van der Waals surface area contributed by atoms with Gasteiger partial charge in [-0.1, -0.05) is 36.4 Å². The quantitative estimate of drug-likeness (QED) is 0.753. The van der Waals surface area contributed by atoms with Gasteiger partial charge in [0.05, 0.1) is 0 Å². The van der Waals surface area contributed by atoms with Crippen molar-refractivity contribution in [2.24, 2.45) is 0 Å². The van der Waals surface area contributed by atoms with E-state index in [0.29, 0.717) is 0 Å². The summed E-state index contributed by atoms with van der Waals surface area (Å²) in [7, 11) is 6.96. The molecule has 0 unspecified atom stereocenters. The van der Waals surface area contributed by atoms with E-state index >= 15 is 0 Å². The molecule has 0 amide bonds. The van der Waals surface area contributed by atoms with Gasteiger partial charge in [0.25, 0.3) is 0 Å². The summed E-state index contributed by atoms with van der Waals surface area (Å²) in [5, 5.41) is 1.43. The number of nitrogens with zero attached hydrogens (tertiary/aromatic N) is 2. The van der Waals surface area contributed by atoms with Gasteiger partial charge in [-0.2, -0.15) is 0 Å². The van der Waals surface area contributed by atoms with Crippen LogP contribution in [0.4, 0.5) is 0 Å². The molecular weight excluding hydrogens is 224 g/mol. The van der Waals surface area contributed by atoms with Gasteiger partial charge < -0.3 is 9.13 Å². The first kappa shape index (κ1) is 14.2. The summed E-state index contributed by atoms with van der Waals surface area (Å²) in [6.45, 7) is 8.39. The highest BCUT2D eigenvalue weighted by Crippen LogP contribution is 2.13. The molecule has 2 nitrogen and oxygen atoms in total. The van der Waals surface area contributed by atoms with Crippen LogP contribution in [-0.2, 0) is 0 Å². The largest absolute Gasteiger partial charge is 0.314 e. The van der Waals surface area contributed by atoms with E-state index in [-0.39, 0.29) is 0 Å². The van der Waals surface area contributed by atoms with Gasteiger partial charge in [0.1, 0.15) is 0 Å². The first-order valence-corrected chi connectivity index (χ1v) is 8.31. The van der Waals surface area contributed by atoms with Gasteiger partial charge in [0.2, 0.25) is 8.40 Å². The minimum Gasteiger partial charge on any atom is -0.314 e. The van der Waals surface area contributed by atoms with Crippen molar-refractivity contribution in [1.29, 1.82) is 0 Å². The maximum atomic E-state index is 3.98. The first-order valence-electron chi connectivity index (χ1n) is 5.91. The maximum absolute atomic E-state index is 3.98. The van der Waals surface area contributed by atoms with Gasteiger partial charge in [-0.25, -0.2) is 0 Å². The Bertz CT molecular complexity index is 385.